The third-order valence-electron chi connectivity index (χ3n) is 5.39. The highest BCUT2D eigenvalue weighted by molar-refractivity contribution is 7.89. The Balaban J connectivity index is 2.00. The number of amides is 1. The molecule has 2 aliphatic heterocycles. The molecule has 1 N–H and O–H groups in total. The van der Waals surface area contributed by atoms with Crippen molar-refractivity contribution in [3.05, 3.63) is 23.8 Å². The number of carbonyl (C=O) groups is 2. The molecule has 2 aliphatic rings. The lowest BCUT2D eigenvalue weighted by Gasteiger charge is -2.29. The second-order valence-electron chi connectivity index (χ2n) is 7.68. The lowest BCUT2D eigenvalue weighted by molar-refractivity contribution is -0.137. The van der Waals surface area contributed by atoms with Crippen LogP contribution in [0.3, 0.4) is 0 Å². The number of carbonyl (C=O) groups excluding carboxylic acids is 1. The van der Waals surface area contributed by atoms with Gasteiger partial charge in [0.1, 0.15) is 6.54 Å². The van der Waals surface area contributed by atoms with Crippen molar-refractivity contribution in [2.45, 2.75) is 43.9 Å². The number of hydrogen-bond acceptors (Lipinski definition) is 4. The van der Waals surface area contributed by atoms with Crippen LogP contribution in [-0.2, 0) is 25.0 Å². The van der Waals surface area contributed by atoms with Crippen molar-refractivity contribution in [1.82, 2.24) is 4.31 Å². The number of aliphatic carboxylic acids is 1. The zero-order valence-electron chi connectivity index (χ0n) is 15.2. The summed E-state index contributed by atoms with van der Waals surface area (Å²) in [6, 6.07) is 4.54. The predicted octanol–water partition coefficient (Wildman–Crippen LogP) is 1.82. The molecule has 1 saturated heterocycles. The summed E-state index contributed by atoms with van der Waals surface area (Å²) >= 11 is 0. The molecule has 0 unspecified atom stereocenters. The average Bonchev–Trinajstić information content (AvgIpc) is 2.75. The van der Waals surface area contributed by atoms with Crippen molar-refractivity contribution >= 4 is 27.6 Å². The Morgan fingerprint density at radius 2 is 1.88 bits per heavy atom. The Morgan fingerprint density at radius 1 is 1.27 bits per heavy atom. The number of hydrogen-bond donors (Lipinski definition) is 1. The predicted molar refractivity (Wildman–Crippen MR) is 96.6 cm³/mol. The van der Waals surface area contributed by atoms with E-state index in [1.54, 1.807) is 19.9 Å². The SMILES string of the molecule is CC1CCN(S(=O)(=O)c2ccc3c(c2)C(C)(C)C(=O)N3CC(=O)O)CC1. The summed E-state index contributed by atoms with van der Waals surface area (Å²) in [7, 11) is -3.63. The fourth-order valence-electron chi connectivity index (χ4n) is 3.64. The lowest BCUT2D eigenvalue weighted by atomic mass is 9.86. The fourth-order valence-corrected chi connectivity index (χ4v) is 5.14. The van der Waals surface area contributed by atoms with Crippen LogP contribution < -0.4 is 4.90 Å². The summed E-state index contributed by atoms with van der Waals surface area (Å²) in [5, 5.41) is 9.07. The smallest absolute Gasteiger partial charge is 0.323 e. The van der Waals surface area contributed by atoms with Gasteiger partial charge in [-0.05, 0) is 56.4 Å². The molecule has 0 aromatic heterocycles. The summed E-state index contributed by atoms with van der Waals surface area (Å²) in [6.07, 6.45) is 1.67. The molecule has 8 heteroatoms. The number of rotatable bonds is 4. The van der Waals surface area contributed by atoms with Gasteiger partial charge in [0, 0.05) is 18.8 Å². The highest BCUT2D eigenvalue weighted by Crippen LogP contribution is 2.42. The summed E-state index contributed by atoms with van der Waals surface area (Å²) in [5.41, 5.74) is 0.0519. The van der Waals surface area contributed by atoms with Gasteiger partial charge in [-0.2, -0.15) is 4.31 Å². The first kappa shape index (κ1) is 18.8. The van der Waals surface area contributed by atoms with E-state index in [0.717, 1.165) is 12.8 Å². The Kier molecular flexibility index (Phi) is 4.60. The van der Waals surface area contributed by atoms with E-state index in [1.807, 2.05) is 0 Å². The van der Waals surface area contributed by atoms with Gasteiger partial charge in [0.25, 0.3) is 0 Å². The average molecular weight is 380 g/mol. The second kappa shape index (κ2) is 6.35. The zero-order valence-corrected chi connectivity index (χ0v) is 16.0. The largest absolute Gasteiger partial charge is 0.480 e. The second-order valence-corrected chi connectivity index (χ2v) is 9.61. The highest BCUT2D eigenvalue weighted by atomic mass is 32.2. The zero-order chi connectivity index (χ0) is 19.3. The van der Waals surface area contributed by atoms with Gasteiger partial charge in [0.2, 0.25) is 15.9 Å². The summed E-state index contributed by atoms with van der Waals surface area (Å²) in [6.45, 7) is 6.04. The van der Waals surface area contributed by atoms with E-state index < -0.39 is 28.0 Å². The van der Waals surface area contributed by atoms with Crippen LogP contribution in [0.4, 0.5) is 5.69 Å². The highest BCUT2D eigenvalue weighted by Gasteiger charge is 2.45. The molecule has 7 nitrogen and oxygen atoms in total. The first-order valence-corrected chi connectivity index (χ1v) is 10.2. The summed E-state index contributed by atoms with van der Waals surface area (Å²) in [5.74, 6) is -0.931. The number of benzene rings is 1. The van der Waals surface area contributed by atoms with Crippen molar-refractivity contribution in [1.29, 1.82) is 0 Å². The topological polar surface area (TPSA) is 95.0 Å². The molecule has 2 heterocycles. The van der Waals surface area contributed by atoms with Crippen LogP contribution in [0, 0.1) is 5.92 Å². The molecule has 3 rings (SSSR count). The minimum Gasteiger partial charge on any atom is -0.480 e. The minimum absolute atomic E-state index is 0.156. The van der Waals surface area contributed by atoms with Crippen molar-refractivity contribution in [2.24, 2.45) is 5.92 Å². The van der Waals surface area contributed by atoms with Crippen molar-refractivity contribution in [3.63, 3.8) is 0 Å². The minimum atomic E-state index is -3.63. The Hall–Kier alpha value is -1.93. The van der Waals surface area contributed by atoms with Crippen LogP contribution >= 0.6 is 0 Å². The maximum absolute atomic E-state index is 13.0. The first-order chi connectivity index (χ1) is 12.0. The number of nitrogens with zero attached hydrogens (tertiary/aromatic N) is 2. The third kappa shape index (κ3) is 3.01. The number of fused-ring (bicyclic) bond motifs is 1. The van der Waals surface area contributed by atoms with Gasteiger partial charge in [-0.1, -0.05) is 6.92 Å². The van der Waals surface area contributed by atoms with Gasteiger partial charge < -0.3 is 10.0 Å². The van der Waals surface area contributed by atoms with Gasteiger partial charge in [0.15, 0.2) is 0 Å². The standard InChI is InChI=1S/C18H24N2O5S/c1-12-6-8-19(9-7-12)26(24,25)13-4-5-15-14(10-13)18(2,3)17(23)20(15)11-16(21)22/h4-5,10,12H,6-9,11H2,1-3H3,(H,21,22). The van der Waals surface area contributed by atoms with E-state index in [2.05, 4.69) is 6.92 Å². The fraction of sp³-hybridized carbons (Fsp3) is 0.556. The maximum atomic E-state index is 13.0. The van der Waals surface area contributed by atoms with Crippen LogP contribution in [0.25, 0.3) is 0 Å². The molecular weight excluding hydrogens is 356 g/mol. The lowest BCUT2D eigenvalue weighted by Crippen LogP contribution is -2.39. The number of carboxylic acid groups (broad SMARTS) is 1. The maximum Gasteiger partial charge on any atom is 0.323 e. The molecule has 1 aromatic carbocycles. The Bertz CT molecular complexity index is 854. The molecular formula is C18H24N2O5S. The van der Waals surface area contributed by atoms with E-state index in [0.29, 0.717) is 30.3 Å². The van der Waals surface area contributed by atoms with E-state index in [-0.39, 0.29) is 10.8 Å². The summed E-state index contributed by atoms with van der Waals surface area (Å²) < 4.78 is 27.5. The first-order valence-electron chi connectivity index (χ1n) is 8.73. The third-order valence-corrected chi connectivity index (χ3v) is 7.28. The van der Waals surface area contributed by atoms with Crippen LogP contribution in [0.2, 0.25) is 0 Å². The quantitative estimate of drug-likeness (QED) is 0.860. The van der Waals surface area contributed by atoms with Gasteiger partial charge in [-0.3, -0.25) is 9.59 Å². The number of carboxylic acids is 1. The molecule has 0 radical (unpaired) electrons. The molecule has 1 amide bonds. The number of sulfonamides is 1. The van der Waals surface area contributed by atoms with Crippen LogP contribution in [-0.4, -0.2) is 49.3 Å². The molecule has 1 fully saturated rings. The molecule has 0 bridgehead atoms. The molecule has 0 atom stereocenters. The molecule has 0 saturated carbocycles. The van der Waals surface area contributed by atoms with E-state index in [1.165, 1.54) is 21.3 Å². The van der Waals surface area contributed by atoms with E-state index in [4.69, 9.17) is 5.11 Å². The molecule has 142 valence electrons. The van der Waals surface area contributed by atoms with Gasteiger partial charge in [-0.15, -0.1) is 0 Å². The van der Waals surface area contributed by atoms with Crippen LogP contribution in [0.5, 0.6) is 0 Å². The number of anilines is 1. The van der Waals surface area contributed by atoms with Crippen LogP contribution in [0.1, 0.15) is 39.2 Å². The summed E-state index contributed by atoms with van der Waals surface area (Å²) in [4.78, 5) is 25.1. The number of piperidine rings is 1. The molecule has 0 spiro atoms. The Morgan fingerprint density at radius 3 is 2.46 bits per heavy atom. The molecule has 0 aliphatic carbocycles. The molecule has 26 heavy (non-hydrogen) atoms. The van der Waals surface area contributed by atoms with Crippen LogP contribution in [0.15, 0.2) is 23.1 Å². The van der Waals surface area contributed by atoms with Gasteiger partial charge in [-0.25, -0.2) is 8.42 Å². The monoisotopic (exact) mass is 380 g/mol. The van der Waals surface area contributed by atoms with E-state index in [9.17, 15) is 18.0 Å². The van der Waals surface area contributed by atoms with Crippen molar-refractivity contribution in [3.8, 4) is 0 Å². The van der Waals surface area contributed by atoms with E-state index >= 15 is 0 Å². The molecule has 1 aromatic rings. The van der Waals surface area contributed by atoms with Crippen molar-refractivity contribution < 1.29 is 23.1 Å². The van der Waals surface area contributed by atoms with Crippen molar-refractivity contribution in [2.75, 3.05) is 24.5 Å². The van der Waals surface area contributed by atoms with Gasteiger partial charge in [0.05, 0.1) is 10.3 Å². The normalized spacial score (nSPS) is 21.0. The Labute approximate surface area is 153 Å². The van der Waals surface area contributed by atoms with Gasteiger partial charge >= 0.3 is 5.97 Å².